The van der Waals surface area contributed by atoms with Gasteiger partial charge in [0.15, 0.2) is 5.76 Å². The summed E-state index contributed by atoms with van der Waals surface area (Å²) >= 11 is 0. The Morgan fingerprint density at radius 2 is 1.96 bits per heavy atom. The highest BCUT2D eigenvalue weighted by Crippen LogP contribution is 2.31. The quantitative estimate of drug-likeness (QED) is 0.660. The van der Waals surface area contributed by atoms with Crippen LogP contribution in [0, 0.1) is 5.82 Å². The van der Waals surface area contributed by atoms with Crippen molar-refractivity contribution >= 4 is 5.69 Å². The zero-order valence-corrected chi connectivity index (χ0v) is 13.0. The van der Waals surface area contributed by atoms with Crippen molar-refractivity contribution in [2.45, 2.75) is 12.6 Å². The molecule has 7 heteroatoms. The second kappa shape index (κ2) is 7.14. The second-order valence-electron chi connectivity index (χ2n) is 5.26. The Bertz CT molecular complexity index is 928. The van der Waals surface area contributed by atoms with E-state index in [1.807, 2.05) is 0 Å². The summed E-state index contributed by atoms with van der Waals surface area (Å²) < 4.78 is 19.5. The van der Waals surface area contributed by atoms with Crippen LogP contribution in [0.1, 0.15) is 23.3 Å². The number of para-hydroxylation sites is 1. The van der Waals surface area contributed by atoms with Gasteiger partial charge in [-0.15, -0.1) is 0 Å². The molecule has 0 fully saturated rings. The lowest BCUT2D eigenvalue weighted by Crippen LogP contribution is -2.18. The number of aliphatic hydroxyl groups excluding tert-OH is 1. The molecule has 1 atom stereocenters. The maximum Gasteiger partial charge on any atom is 0.227 e. The van der Waals surface area contributed by atoms with Gasteiger partial charge in [0.1, 0.15) is 24.2 Å². The molecule has 0 unspecified atom stereocenters. The topological polar surface area (TPSA) is 95.6 Å². The van der Waals surface area contributed by atoms with E-state index in [1.54, 1.807) is 30.3 Å². The number of benzene rings is 1. The lowest BCUT2D eigenvalue weighted by atomic mass is 10.1. The lowest BCUT2D eigenvalue weighted by Gasteiger charge is -2.20. The molecule has 2 aromatic heterocycles. The third-order valence-electron chi connectivity index (χ3n) is 3.58. The summed E-state index contributed by atoms with van der Waals surface area (Å²) in [7, 11) is 0. The fourth-order valence-corrected chi connectivity index (χ4v) is 2.38. The van der Waals surface area contributed by atoms with Crippen LogP contribution < -0.4 is 10.7 Å². The molecule has 3 rings (SSSR count). The molecule has 128 valence electrons. The molecule has 1 aromatic carbocycles. The van der Waals surface area contributed by atoms with Crippen LogP contribution >= 0.6 is 0 Å². The van der Waals surface area contributed by atoms with Gasteiger partial charge in [0.2, 0.25) is 11.2 Å². The number of anilines is 1. The summed E-state index contributed by atoms with van der Waals surface area (Å²) in [5, 5.41) is 22.3. The number of nitrogens with one attached hydrogen (secondary N) is 1. The van der Waals surface area contributed by atoms with E-state index in [0.29, 0.717) is 5.69 Å². The van der Waals surface area contributed by atoms with Gasteiger partial charge in [-0.2, -0.15) is 0 Å². The van der Waals surface area contributed by atoms with E-state index in [-0.39, 0.29) is 17.2 Å². The molecule has 0 aliphatic heterocycles. The number of aromatic hydroxyl groups is 1. The van der Waals surface area contributed by atoms with Crippen LogP contribution in [0.5, 0.6) is 5.75 Å². The Morgan fingerprint density at radius 3 is 2.64 bits per heavy atom. The minimum Gasteiger partial charge on any atom is -0.502 e. The van der Waals surface area contributed by atoms with Crippen molar-refractivity contribution in [3.8, 4) is 5.75 Å². The summed E-state index contributed by atoms with van der Waals surface area (Å²) in [5.74, 6) is -1.31. The number of aromatic nitrogens is 1. The largest absolute Gasteiger partial charge is 0.502 e. The van der Waals surface area contributed by atoms with Crippen LogP contribution in [-0.2, 0) is 6.61 Å². The molecule has 3 aromatic rings. The lowest BCUT2D eigenvalue weighted by molar-refractivity contribution is 0.234. The first-order valence-electron chi connectivity index (χ1n) is 7.49. The van der Waals surface area contributed by atoms with Crippen molar-refractivity contribution in [1.82, 2.24) is 4.98 Å². The van der Waals surface area contributed by atoms with Gasteiger partial charge in [-0.1, -0.05) is 18.2 Å². The molecule has 0 radical (unpaired) electrons. The van der Waals surface area contributed by atoms with E-state index in [2.05, 4.69) is 10.3 Å². The number of halogens is 1. The van der Waals surface area contributed by atoms with Crippen LogP contribution in [0.25, 0.3) is 0 Å². The average Bonchev–Trinajstić information content (AvgIpc) is 2.64. The molecule has 0 aliphatic rings. The predicted octanol–water partition coefficient (Wildman–Crippen LogP) is 2.57. The van der Waals surface area contributed by atoms with Gasteiger partial charge in [-0.05, 0) is 24.3 Å². The number of aliphatic hydroxyl groups is 1. The van der Waals surface area contributed by atoms with Crippen LogP contribution in [0.4, 0.5) is 10.1 Å². The molecule has 2 heterocycles. The van der Waals surface area contributed by atoms with Gasteiger partial charge in [0, 0.05) is 12.3 Å². The highest BCUT2D eigenvalue weighted by molar-refractivity contribution is 5.49. The summed E-state index contributed by atoms with van der Waals surface area (Å²) in [6, 6.07) is 11.1. The maximum atomic E-state index is 14.0. The molecule has 0 amide bonds. The van der Waals surface area contributed by atoms with Crippen molar-refractivity contribution in [2.24, 2.45) is 0 Å². The van der Waals surface area contributed by atoms with Gasteiger partial charge in [-0.25, -0.2) is 4.39 Å². The fraction of sp³-hybridized carbons (Fsp3) is 0.111. The van der Waals surface area contributed by atoms with Crippen LogP contribution in [0.15, 0.2) is 63.9 Å². The average molecular weight is 342 g/mol. The first kappa shape index (κ1) is 16.7. The fourth-order valence-electron chi connectivity index (χ4n) is 2.38. The molecule has 3 N–H and O–H groups in total. The van der Waals surface area contributed by atoms with Crippen molar-refractivity contribution in [3.05, 3.63) is 88.0 Å². The van der Waals surface area contributed by atoms with E-state index in [1.165, 1.54) is 18.3 Å². The van der Waals surface area contributed by atoms with Gasteiger partial charge in [0.25, 0.3) is 0 Å². The molecule has 25 heavy (non-hydrogen) atoms. The monoisotopic (exact) mass is 342 g/mol. The van der Waals surface area contributed by atoms with Gasteiger partial charge in [-0.3, -0.25) is 9.78 Å². The third kappa shape index (κ3) is 3.51. The Kier molecular flexibility index (Phi) is 4.76. The minimum atomic E-state index is -0.933. The maximum absolute atomic E-state index is 14.0. The van der Waals surface area contributed by atoms with Gasteiger partial charge >= 0.3 is 0 Å². The van der Waals surface area contributed by atoms with Crippen molar-refractivity contribution in [3.63, 3.8) is 0 Å². The smallest absolute Gasteiger partial charge is 0.227 e. The Hall–Kier alpha value is -3.19. The summed E-state index contributed by atoms with van der Waals surface area (Å²) in [4.78, 5) is 16.1. The number of hydrogen-bond donors (Lipinski definition) is 3. The summed E-state index contributed by atoms with van der Waals surface area (Å²) in [5.41, 5.74) is -0.157. The van der Waals surface area contributed by atoms with Crippen molar-refractivity contribution in [2.75, 3.05) is 5.32 Å². The molecular formula is C18H15FN2O4. The van der Waals surface area contributed by atoms with Crippen LogP contribution in [0.2, 0.25) is 0 Å². The predicted molar refractivity (Wildman–Crippen MR) is 88.7 cm³/mol. The molecular weight excluding hydrogens is 327 g/mol. The molecule has 0 saturated heterocycles. The van der Waals surface area contributed by atoms with Crippen molar-refractivity contribution in [1.29, 1.82) is 0 Å². The highest BCUT2D eigenvalue weighted by Gasteiger charge is 2.25. The number of rotatable bonds is 5. The number of pyridine rings is 1. The Labute approximate surface area is 142 Å². The van der Waals surface area contributed by atoms with E-state index in [9.17, 15) is 19.4 Å². The zero-order valence-electron chi connectivity index (χ0n) is 13.0. The SMILES string of the molecule is O=c1cc(CO)oc([C@H](Nc2ccccc2F)c2ccccn2)c1O. The Morgan fingerprint density at radius 1 is 1.20 bits per heavy atom. The third-order valence-corrected chi connectivity index (χ3v) is 3.58. The minimum absolute atomic E-state index is 0.0194. The highest BCUT2D eigenvalue weighted by atomic mass is 19.1. The van der Waals surface area contributed by atoms with Crippen LogP contribution in [0.3, 0.4) is 0 Å². The summed E-state index contributed by atoms with van der Waals surface area (Å²) in [6.45, 7) is -0.517. The molecule has 0 spiro atoms. The van der Waals surface area contributed by atoms with Crippen LogP contribution in [-0.4, -0.2) is 15.2 Å². The number of hydrogen-bond acceptors (Lipinski definition) is 6. The van der Waals surface area contributed by atoms with Gasteiger partial charge < -0.3 is 19.9 Å². The molecule has 0 bridgehead atoms. The molecule has 0 aliphatic carbocycles. The van der Waals surface area contributed by atoms with E-state index >= 15 is 0 Å². The first-order valence-corrected chi connectivity index (χ1v) is 7.49. The normalized spacial score (nSPS) is 11.9. The Balaban J connectivity index is 2.14. The second-order valence-corrected chi connectivity index (χ2v) is 5.26. The standard InChI is InChI=1S/C18H15FN2O4/c19-12-5-1-2-6-13(12)21-16(14-7-3-4-8-20-14)18-17(24)15(23)9-11(10-22)25-18/h1-9,16,21-22,24H,10H2/t16-/m1/s1. The molecule has 0 saturated carbocycles. The van der Waals surface area contributed by atoms with E-state index in [0.717, 1.165) is 6.07 Å². The molecule has 6 nitrogen and oxygen atoms in total. The first-order chi connectivity index (χ1) is 12.1. The van der Waals surface area contributed by atoms with Crippen molar-refractivity contribution < 1.29 is 19.0 Å². The van der Waals surface area contributed by atoms with E-state index < -0.39 is 29.6 Å². The van der Waals surface area contributed by atoms with E-state index in [4.69, 9.17) is 4.42 Å². The number of nitrogens with zero attached hydrogens (tertiary/aromatic N) is 1. The summed E-state index contributed by atoms with van der Waals surface area (Å²) in [6.07, 6.45) is 1.52. The zero-order chi connectivity index (χ0) is 17.8. The van der Waals surface area contributed by atoms with Gasteiger partial charge in [0.05, 0.1) is 11.4 Å².